The zero-order valence-corrected chi connectivity index (χ0v) is 37.5. The largest absolute Gasteiger partial charge is 0.457 e. The summed E-state index contributed by atoms with van der Waals surface area (Å²) in [6.45, 7) is 10.5. The number of Topliss-reactive ketones (excluding diaryl/α,β-unsaturated/α-hetero) is 1. The zero-order valence-electron chi connectivity index (χ0n) is 37.5. The van der Waals surface area contributed by atoms with Crippen molar-refractivity contribution in [1.82, 2.24) is 5.32 Å². The van der Waals surface area contributed by atoms with E-state index in [-0.39, 0.29) is 30.6 Å². The third-order valence-corrected chi connectivity index (χ3v) is 14.2. The van der Waals surface area contributed by atoms with Gasteiger partial charge in [0.05, 0.1) is 41.3 Å². The second-order valence-corrected chi connectivity index (χ2v) is 18.8. The summed E-state index contributed by atoms with van der Waals surface area (Å²) < 4.78 is 48.5. The lowest BCUT2D eigenvalue weighted by Crippen LogP contribution is -2.88. The first-order valence-corrected chi connectivity index (χ1v) is 21.4. The third kappa shape index (κ3) is 7.38. The number of amides is 1. The fourth-order valence-electron chi connectivity index (χ4n) is 11.4. The molecule has 2 aromatic carbocycles. The maximum atomic E-state index is 15.6. The Morgan fingerprint density at radius 3 is 2.16 bits per heavy atom. The van der Waals surface area contributed by atoms with Crippen LogP contribution in [-0.4, -0.2) is 122 Å². The lowest BCUT2D eigenvalue weighted by atomic mass is 9.32. The number of ether oxygens (including phenoxy) is 8. The molecule has 17 nitrogen and oxygen atoms in total. The van der Waals surface area contributed by atoms with E-state index in [0.717, 1.165) is 0 Å². The smallest absolute Gasteiger partial charge is 0.408 e. The van der Waals surface area contributed by atoms with Gasteiger partial charge in [0.2, 0.25) is 6.10 Å². The van der Waals surface area contributed by atoms with Crippen LogP contribution in [0.2, 0.25) is 0 Å². The normalized spacial score (nSPS) is 34.7. The predicted molar refractivity (Wildman–Crippen MR) is 224 cm³/mol. The van der Waals surface area contributed by atoms with E-state index >= 15 is 4.79 Å². The summed E-state index contributed by atoms with van der Waals surface area (Å²) in [6.07, 6.45) is -8.54. The Bertz CT molecular complexity index is 2210. The molecule has 0 spiro atoms. The van der Waals surface area contributed by atoms with Crippen LogP contribution in [0.3, 0.4) is 0 Å². The molecule has 1 saturated heterocycles. The molecule has 1 heterocycles. The number of alkyl carbamates (subject to hydrolysis) is 1. The van der Waals surface area contributed by atoms with Gasteiger partial charge >= 0.3 is 30.0 Å². The Labute approximate surface area is 371 Å². The second kappa shape index (κ2) is 17.0. The van der Waals surface area contributed by atoms with E-state index in [9.17, 15) is 29.1 Å². The SMILES string of the molecule is COC1C(=O)C2(C)C(OC)CC3OCC3(OC(C)=O)C2C2C(OC(=O)c3ccccc3)C3(C)C1=C(C)C(OC(=O)C(OC(=O)CN)C(NC(=O)OC(C)(C)C)c1ccccc1)CC23O. The number of hydrogen-bond donors (Lipinski definition) is 3. The van der Waals surface area contributed by atoms with Gasteiger partial charge in [0.15, 0.2) is 11.4 Å². The summed E-state index contributed by atoms with van der Waals surface area (Å²) in [5.41, 5.74) is -0.810. The summed E-state index contributed by atoms with van der Waals surface area (Å²) in [4.78, 5) is 83.8. The van der Waals surface area contributed by atoms with Crippen molar-refractivity contribution in [1.29, 1.82) is 0 Å². The van der Waals surface area contributed by atoms with Crippen LogP contribution < -0.4 is 11.1 Å². The van der Waals surface area contributed by atoms with Gasteiger partial charge in [-0.25, -0.2) is 14.4 Å². The molecule has 8 rings (SSSR count). The number of nitrogens with one attached hydrogen (secondary N) is 1. The van der Waals surface area contributed by atoms with Gasteiger partial charge in [-0.1, -0.05) is 48.5 Å². The number of aliphatic hydroxyl groups is 1. The van der Waals surface area contributed by atoms with Crippen molar-refractivity contribution >= 4 is 35.8 Å². The van der Waals surface area contributed by atoms with Gasteiger partial charge in [-0.15, -0.1) is 0 Å². The number of carbonyl (C=O) groups is 6. The van der Waals surface area contributed by atoms with E-state index < -0.39 is 124 Å². The Morgan fingerprint density at radius 2 is 1.61 bits per heavy atom. The van der Waals surface area contributed by atoms with Gasteiger partial charge in [0.25, 0.3) is 0 Å². The maximum Gasteiger partial charge on any atom is 0.408 e. The molecule has 5 fully saturated rings. The van der Waals surface area contributed by atoms with Crippen LogP contribution in [0.25, 0.3) is 0 Å². The molecule has 4 saturated carbocycles. The van der Waals surface area contributed by atoms with Gasteiger partial charge in [0.1, 0.15) is 36.1 Å². The van der Waals surface area contributed by atoms with Crippen molar-refractivity contribution in [3.63, 3.8) is 0 Å². The molecule has 17 heteroatoms. The Balaban J connectivity index is 1.39. The Hall–Kier alpha value is -5.20. The van der Waals surface area contributed by atoms with Gasteiger partial charge in [-0.2, -0.15) is 0 Å². The van der Waals surface area contributed by atoms with Gasteiger partial charge in [-0.05, 0) is 70.4 Å². The van der Waals surface area contributed by atoms with Crippen molar-refractivity contribution in [3.05, 3.63) is 82.9 Å². The summed E-state index contributed by atoms with van der Waals surface area (Å²) >= 11 is 0. The third-order valence-electron chi connectivity index (χ3n) is 14.2. The lowest BCUT2D eigenvalue weighted by Gasteiger charge is -2.76. The number of rotatable bonds is 12. The molecule has 0 aromatic heterocycles. The summed E-state index contributed by atoms with van der Waals surface area (Å²) in [7, 11) is 2.79. The highest BCUT2D eigenvalue weighted by Gasteiger charge is 2.86. The van der Waals surface area contributed by atoms with Crippen LogP contribution in [0.1, 0.15) is 83.3 Å². The van der Waals surface area contributed by atoms with E-state index in [0.29, 0.717) is 11.1 Å². The maximum absolute atomic E-state index is 15.6. The van der Waals surface area contributed by atoms with Crippen molar-refractivity contribution in [2.24, 2.45) is 28.4 Å². The fourth-order valence-corrected chi connectivity index (χ4v) is 11.4. The summed E-state index contributed by atoms with van der Waals surface area (Å²) in [5, 5.41) is 16.3. The lowest BCUT2D eigenvalue weighted by molar-refractivity contribution is -0.381. The summed E-state index contributed by atoms with van der Waals surface area (Å²) in [6, 6.07) is 15.2. The molecular formula is C47H58N2O15. The highest BCUT2D eigenvalue weighted by Crippen LogP contribution is 2.74. The Kier molecular flexibility index (Phi) is 12.4. The molecule has 64 heavy (non-hydrogen) atoms. The molecule has 1 aliphatic heterocycles. The first-order valence-electron chi connectivity index (χ1n) is 21.4. The van der Waals surface area contributed by atoms with E-state index in [1.807, 2.05) is 0 Å². The number of benzene rings is 2. The van der Waals surface area contributed by atoms with Gasteiger partial charge in [-0.3, -0.25) is 14.4 Å². The molecule has 4 N–H and O–H groups in total. The highest BCUT2D eigenvalue weighted by atomic mass is 16.6. The average molecular weight is 891 g/mol. The van der Waals surface area contributed by atoms with Crippen molar-refractivity contribution in [2.75, 3.05) is 27.4 Å². The average Bonchev–Trinajstić information content (AvgIpc) is 3.24. The minimum atomic E-state index is -1.99. The van der Waals surface area contributed by atoms with Crippen molar-refractivity contribution < 1.29 is 71.8 Å². The monoisotopic (exact) mass is 890 g/mol. The van der Waals surface area contributed by atoms with E-state index in [1.54, 1.807) is 102 Å². The van der Waals surface area contributed by atoms with Crippen LogP contribution in [0.15, 0.2) is 71.8 Å². The number of esters is 4. The van der Waals surface area contributed by atoms with Crippen LogP contribution in [-0.2, 0) is 57.1 Å². The summed E-state index contributed by atoms with van der Waals surface area (Å²) in [5.74, 6) is -6.24. The number of hydrogen-bond acceptors (Lipinski definition) is 16. The number of nitrogens with two attached hydrogens (primary N) is 1. The first kappa shape index (κ1) is 46.8. The number of fused-ring (bicyclic) bond motifs is 2. The molecule has 0 radical (unpaired) electrons. The molecule has 346 valence electrons. The van der Waals surface area contributed by atoms with Crippen LogP contribution >= 0.6 is 0 Å². The number of methoxy groups -OCH3 is 2. The van der Waals surface area contributed by atoms with E-state index in [2.05, 4.69) is 5.32 Å². The van der Waals surface area contributed by atoms with Crippen molar-refractivity contribution in [2.45, 2.75) is 121 Å². The molecule has 6 aliphatic rings. The van der Waals surface area contributed by atoms with Crippen LogP contribution in [0.4, 0.5) is 4.79 Å². The number of ketones is 1. The van der Waals surface area contributed by atoms with Crippen LogP contribution in [0.5, 0.6) is 0 Å². The number of carbonyl (C=O) groups excluding carboxylic acids is 6. The van der Waals surface area contributed by atoms with Gasteiger partial charge in [0, 0.05) is 45.8 Å². The fraction of sp³-hybridized carbons (Fsp3) is 0.574. The molecule has 1 amide bonds. The molecule has 13 atom stereocenters. The molecule has 2 aromatic rings. The highest BCUT2D eigenvalue weighted by molar-refractivity contribution is 5.95. The standard InChI is InChI=1S/C47H58N2O15/c1-24-28(60-41(54)36(61-31(51)22-48)34(26-16-12-10-13-17-26)49-42(55)64-43(3,4)5)21-47(56)33-37-44(6,29(57-8)20-30-46(37,23-59-30)63-25(2)50)38(52)35(58-9)32(24)45(47,7)39(33)62-40(53)27-18-14-11-15-19-27/h10-19,28-30,33-37,39,56H,20-23,48H2,1-9H3,(H,49,55). The van der Waals surface area contributed by atoms with E-state index in [4.69, 9.17) is 43.6 Å². The minimum absolute atomic E-state index is 0.138. The quantitative estimate of drug-likeness (QED) is 0.157. The zero-order chi connectivity index (χ0) is 46.7. The van der Waals surface area contributed by atoms with Gasteiger partial charge < -0.3 is 54.1 Å². The molecule has 13 unspecified atom stereocenters. The minimum Gasteiger partial charge on any atom is -0.457 e. The van der Waals surface area contributed by atoms with E-state index in [1.165, 1.54) is 21.1 Å². The molecule has 4 bridgehead atoms. The topological polar surface area (TPSA) is 235 Å². The van der Waals surface area contributed by atoms with Crippen molar-refractivity contribution in [3.8, 4) is 0 Å². The second-order valence-electron chi connectivity index (χ2n) is 18.8. The first-order chi connectivity index (χ1) is 30.1. The molecule has 5 aliphatic carbocycles. The molecular weight excluding hydrogens is 833 g/mol. The Morgan fingerprint density at radius 1 is 0.969 bits per heavy atom. The predicted octanol–water partition coefficient (Wildman–Crippen LogP) is 3.69. The van der Waals surface area contributed by atoms with Crippen LogP contribution in [0, 0.1) is 22.7 Å².